The Balaban J connectivity index is 1.27. The highest BCUT2D eigenvalue weighted by Gasteiger charge is 2.11. The predicted octanol–water partition coefficient (Wildman–Crippen LogP) is 5.04. The number of amides is 1. The summed E-state index contributed by atoms with van der Waals surface area (Å²) in [6.45, 7) is 4.55. The van der Waals surface area contributed by atoms with Crippen LogP contribution in [-0.2, 0) is 6.61 Å². The molecule has 0 saturated carbocycles. The Morgan fingerprint density at radius 1 is 0.971 bits per heavy atom. The molecule has 4 aromatic rings. The summed E-state index contributed by atoms with van der Waals surface area (Å²) in [5.74, 6) is 4.00. The second-order valence-corrected chi connectivity index (χ2v) is 7.76. The molecule has 0 aliphatic carbocycles. The number of hydrogen-bond donors (Lipinski definition) is 1. The zero-order valence-electron chi connectivity index (χ0n) is 19.5. The average molecular weight is 468 g/mol. The zero-order valence-corrected chi connectivity index (χ0v) is 19.5. The molecule has 2 aromatic carbocycles. The van der Waals surface area contributed by atoms with Gasteiger partial charge in [0.2, 0.25) is 0 Å². The van der Waals surface area contributed by atoms with Crippen LogP contribution in [0.25, 0.3) is 5.69 Å². The number of nitrogens with zero attached hydrogens (tertiary/aromatic N) is 2. The molecule has 0 bridgehead atoms. The van der Waals surface area contributed by atoms with Crippen molar-refractivity contribution >= 4 is 12.1 Å². The van der Waals surface area contributed by atoms with Crippen molar-refractivity contribution in [2.75, 3.05) is 6.61 Å². The summed E-state index contributed by atoms with van der Waals surface area (Å²) in [5, 5.41) is 3.96. The maximum Gasteiger partial charge on any atom is 0.307 e. The molecule has 7 nitrogen and oxygen atoms in total. The number of carbonyl (C=O) groups excluding carboxylic acids is 1. The van der Waals surface area contributed by atoms with Gasteiger partial charge in [0.1, 0.15) is 30.5 Å². The SMILES string of the molecule is C#CCOc1ccc(C=NNC(=O)c2ccc(COc3ccc(-n4c(C)ccc4C)cc3)o2)cc1. The van der Waals surface area contributed by atoms with Gasteiger partial charge in [0, 0.05) is 17.1 Å². The highest BCUT2D eigenvalue weighted by Crippen LogP contribution is 2.21. The molecule has 0 unspecified atom stereocenters. The van der Waals surface area contributed by atoms with Gasteiger partial charge in [-0.3, -0.25) is 4.79 Å². The normalized spacial score (nSPS) is 10.8. The van der Waals surface area contributed by atoms with Crippen molar-refractivity contribution in [3.05, 3.63) is 101 Å². The standard InChI is InChI=1S/C28H25N3O4/c1-4-17-33-24-11-7-22(8-12-24)18-29-30-28(32)27-16-15-26(35-27)19-34-25-13-9-23(10-14-25)31-20(2)5-6-21(31)3/h1,5-16,18H,17,19H2,2-3H3,(H,30,32). The Morgan fingerprint density at radius 3 is 2.31 bits per heavy atom. The number of terminal acetylenes is 1. The first-order valence-electron chi connectivity index (χ1n) is 11.0. The average Bonchev–Trinajstić information content (AvgIpc) is 3.49. The third-order valence-corrected chi connectivity index (χ3v) is 5.21. The molecule has 0 radical (unpaired) electrons. The van der Waals surface area contributed by atoms with Crippen LogP contribution in [0, 0.1) is 26.2 Å². The Kier molecular flexibility index (Phi) is 7.34. The number of carbonyl (C=O) groups is 1. The van der Waals surface area contributed by atoms with Crippen LogP contribution in [-0.4, -0.2) is 23.3 Å². The maximum absolute atomic E-state index is 12.3. The number of hydrazone groups is 1. The Morgan fingerprint density at radius 2 is 1.63 bits per heavy atom. The van der Waals surface area contributed by atoms with E-state index in [-0.39, 0.29) is 19.0 Å². The summed E-state index contributed by atoms with van der Waals surface area (Å²) in [7, 11) is 0. The summed E-state index contributed by atoms with van der Waals surface area (Å²) in [4.78, 5) is 12.3. The second kappa shape index (κ2) is 10.9. The first-order chi connectivity index (χ1) is 17.0. The van der Waals surface area contributed by atoms with Crippen LogP contribution in [0.15, 0.2) is 82.3 Å². The fourth-order valence-electron chi connectivity index (χ4n) is 3.49. The molecule has 2 heterocycles. The van der Waals surface area contributed by atoms with Gasteiger partial charge < -0.3 is 18.5 Å². The van der Waals surface area contributed by atoms with Crippen LogP contribution in [0.1, 0.15) is 33.3 Å². The smallest absolute Gasteiger partial charge is 0.307 e. The van der Waals surface area contributed by atoms with E-state index < -0.39 is 5.91 Å². The van der Waals surface area contributed by atoms with Gasteiger partial charge >= 0.3 is 5.91 Å². The molecule has 4 rings (SSSR count). The number of hydrogen-bond acceptors (Lipinski definition) is 5. The van der Waals surface area contributed by atoms with Crippen molar-refractivity contribution in [3.8, 4) is 29.5 Å². The molecule has 0 aliphatic rings. The minimum absolute atomic E-state index is 0.146. The lowest BCUT2D eigenvalue weighted by Crippen LogP contribution is -2.16. The summed E-state index contributed by atoms with van der Waals surface area (Å²) in [6, 6.07) is 22.4. The first kappa shape index (κ1) is 23.5. The summed E-state index contributed by atoms with van der Waals surface area (Å²) in [5.41, 5.74) is 6.66. The Bertz CT molecular complexity index is 1340. The molecule has 35 heavy (non-hydrogen) atoms. The Hall–Kier alpha value is -4.70. The molecule has 176 valence electrons. The van der Waals surface area contributed by atoms with E-state index in [0.29, 0.717) is 17.3 Å². The van der Waals surface area contributed by atoms with E-state index in [0.717, 1.165) is 11.3 Å². The lowest BCUT2D eigenvalue weighted by atomic mass is 10.2. The van der Waals surface area contributed by atoms with Gasteiger partial charge in [0.15, 0.2) is 5.76 Å². The predicted molar refractivity (Wildman–Crippen MR) is 134 cm³/mol. The van der Waals surface area contributed by atoms with Crippen molar-refractivity contribution in [1.82, 2.24) is 9.99 Å². The number of nitrogens with one attached hydrogen (secondary N) is 1. The molecule has 1 amide bonds. The third kappa shape index (κ3) is 6.01. The minimum atomic E-state index is -0.455. The number of aromatic nitrogens is 1. The number of ether oxygens (including phenoxy) is 2. The lowest BCUT2D eigenvalue weighted by Gasteiger charge is -2.10. The first-order valence-corrected chi connectivity index (χ1v) is 11.0. The van der Waals surface area contributed by atoms with E-state index in [1.165, 1.54) is 17.6 Å². The maximum atomic E-state index is 12.3. The Labute approximate surface area is 204 Å². The quantitative estimate of drug-likeness (QED) is 0.212. The molecule has 1 N–H and O–H groups in total. The van der Waals surface area contributed by atoms with E-state index in [2.05, 4.69) is 47.0 Å². The van der Waals surface area contributed by atoms with Crippen molar-refractivity contribution in [1.29, 1.82) is 0 Å². The summed E-state index contributed by atoms with van der Waals surface area (Å²) >= 11 is 0. The van der Waals surface area contributed by atoms with E-state index in [1.54, 1.807) is 36.4 Å². The molecule has 0 saturated heterocycles. The number of furan rings is 1. The van der Waals surface area contributed by atoms with E-state index in [1.807, 2.05) is 24.3 Å². The van der Waals surface area contributed by atoms with E-state index in [9.17, 15) is 4.79 Å². The van der Waals surface area contributed by atoms with Gasteiger partial charge in [-0.1, -0.05) is 5.92 Å². The van der Waals surface area contributed by atoms with Crippen molar-refractivity contribution in [3.63, 3.8) is 0 Å². The number of benzene rings is 2. The van der Waals surface area contributed by atoms with Gasteiger partial charge in [-0.05, 0) is 92.2 Å². The van der Waals surface area contributed by atoms with Crippen LogP contribution in [0.4, 0.5) is 0 Å². The van der Waals surface area contributed by atoms with Crippen LogP contribution in [0.3, 0.4) is 0 Å². The fourth-order valence-corrected chi connectivity index (χ4v) is 3.49. The fraction of sp³-hybridized carbons (Fsp3) is 0.143. The van der Waals surface area contributed by atoms with Crippen LogP contribution < -0.4 is 14.9 Å². The minimum Gasteiger partial charge on any atom is -0.486 e. The number of aryl methyl sites for hydroxylation is 2. The monoisotopic (exact) mass is 467 g/mol. The zero-order chi connectivity index (χ0) is 24.6. The van der Waals surface area contributed by atoms with Crippen LogP contribution in [0.5, 0.6) is 11.5 Å². The molecule has 0 spiro atoms. The molecular weight excluding hydrogens is 442 g/mol. The van der Waals surface area contributed by atoms with Crippen molar-refractivity contribution < 1.29 is 18.7 Å². The molecule has 2 aromatic heterocycles. The third-order valence-electron chi connectivity index (χ3n) is 5.21. The summed E-state index contributed by atoms with van der Waals surface area (Å²) < 4.78 is 18.9. The second-order valence-electron chi connectivity index (χ2n) is 7.76. The van der Waals surface area contributed by atoms with Crippen LogP contribution >= 0.6 is 0 Å². The van der Waals surface area contributed by atoms with Gasteiger partial charge in [0.05, 0.1) is 6.21 Å². The van der Waals surface area contributed by atoms with Crippen molar-refractivity contribution in [2.24, 2.45) is 5.10 Å². The number of rotatable bonds is 9. The molecule has 0 fully saturated rings. The van der Waals surface area contributed by atoms with E-state index in [4.69, 9.17) is 20.3 Å². The largest absolute Gasteiger partial charge is 0.486 e. The summed E-state index contributed by atoms with van der Waals surface area (Å²) in [6.07, 6.45) is 6.69. The lowest BCUT2D eigenvalue weighted by molar-refractivity contribution is 0.0923. The molecule has 0 aliphatic heterocycles. The molecule has 0 atom stereocenters. The van der Waals surface area contributed by atoms with E-state index >= 15 is 0 Å². The van der Waals surface area contributed by atoms with Crippen molar-refractivity contribution in [2.45, 2.75) is 20.5 Å². The molecular formula is C28H25N3O4. The van der Waals surface area contributed by atoms with Crippen LogP contribution in [0.2, 0.25) is 0 Å². The van der Waals surface area contributed by atoms with Gasteiger partial charge in [-0.25, -0.2) is 5.43 Å². The highest BCUT2D eigenvalue weighted by atomic mass is 16.5. The topological polar surface area (TPSA) is 78.0 Å². The highest BCUT2D eigenvalue weighted by molar-refractivity contribution is 5.92. The van der Waals surface area contributed by atoms with Gasteiger partial charge in [-0.15, -0.1) is 6.42 Å². The molecule has 7 heteroatoms. The van der Waals surface area contributed by atoms with Gasteiger partial charge in [0.25, 0.3) is 0 Å². The van der Waals surface area contributed by atoms with Gasteiger partial charge in [-0.2, -0.15) is 5.10 Å².